The summed E-state index contributed by atoms with van der Waals surface area (Å²) in [6.45, 7) is 10.2. The van der Waals surface area contributed by atoms with E-state index in [1.165, 1.54) is 0 Å². The van der Waals surface area contributed by atoms with Gasteiger partial charge in [-0.05, 0) is 39.3 Å². The van der Waals surface area contributed by atoms with Gasteiger partial charge in [0, 0.05) is 50.4 Å². The highest BCUT2D eigenvalue weighted by atomic mass is 16.5. The van der Waals surface area contributed by atoms with Crippen LogP contribution in [0.1, 0.15) is 50.4 Å². The third kappa shape index (κ3) is 5.54. The molecule has 5 heteroatoms. The van der Waals surface area contributed by atoms with Gasteiger partial charge in [-0.3, -0.25) is 9.88 Å². The number of nitrogens with zero attached hydrogens (tertiary/aromatic N) is 3. The van der Waals surface area contributed by atoms with Crippen molar-refractivity contribution in [3.63, 3.8) is 0 Å². The molecule has 1 aromatic heterocycles. The molecule has 0 amide bonds. The molecule has 0 unspecified atom stereocenters. The summed E-state index contributed by atoms with van der Waals surface area (Å²) in [4.78, 5) is 11.1. The minimum absolute atomic E-state index is 0.321. The molecule has 0 spiro atoms. The van der Waals surface area contributed by atoms with E-state index in [0.29, 0.717) is 25.3 Å². The van der Waals surface area contributed by atoms with Gasteiger partial charge in [-0.1, -0.05) is 30.0 Å². The van der Waals surface area contributed by atoms with Gasteiger partial charge in [-0.2, -0.15) is 0 Å². The maximum absolute atomic E-state index is 10.9. The summed E-state index contributed by atoms with van der Waals surface area (Å²) in [5.41, 5.74) is 1.67. The maximum Gasteiger partial charge on any atom is 0.237 e. The number of likely N-dealkylation sites (tertiary alicyclic amines) is 1. The predicted octanol–water partition coefficient (Wildman–Crippen LogP) is 3.34. The number of aromatic nitrogens is 2. The zero-order valence-electron chi connectivity index (χ0n) is 17.2. The van der Waals surface area contributed by atoms with Crippen molar-refractivity contribution in [2.45, 2.75) is 58.3 Å². The van der Waals surface area contributed by atoms with Crippen molar-refractivity contribution in [3.8, 4) is 17.7 Å². The lowest BCUT2D eigenvalue weighted by Crippen LogP contribution is -2.43. The number of hydrogen-bond acceptors (Lipinski definition) is 5. The van der Waals surface area contributed by atoms with Crippen LogP contribution in [0.3, 0.4) is 0 Å². The summed E-state index contributed by atoms with van der Waals surface area (Å²) in [5.74, 6) is 6.85. The summed E-state index contributed by atoms with van der Waals surface area (Å²) < 4.78 is 5.94. The highest BCUT2D eigenvalue weighted by Crippen LogP contribution is 2.25. The molecule has 1 aliphatic heterocycles. The minimum atomic E-state index is -0.939. The zero-order valence-corrected chi connectivity index (χ0v) is 17.2. The molecule has 28 heavy (non-hydrogen) atoms. The number of benzene rings is 1. The third-order valence-corrected chi connectivity index (χ3v) is 4.77. The van der Waals surface area contributed by atoms with Crippen LogP contribution < -0.4 is 4.74 Å². The quantitative estimate of drug-likeness (QED) is 0.829. The third-order valence-electron chi connectivity index (χ3n) is 4.77. The van der Waals surface area contributed by atoms with Crippen molar-refractivity contribution < 1.29 is 9.84 Å². The Morgan fingerprint density at radius 2 is 1.82 bits per heavy atom. The van der Waals surface area contributed by atoms with Crippen LogP contribution in [0.2, 0.25) is 0 Å². The van der Waals surface area contributed by atoms with E-state index in [2.05, 4.69) is 26.7 Å². The van der Waals surface area contributed by atoms with Crippen LogP contribution in [0, 0.1) is 18.8 Å². The Labute approximate surface area is 167 Å². The topological polar surface area (TPSA) is 58.5 Å². The van der Waals surface area contributed by atoms with E-state index in [-0.39, 0.29) is 5.60 Å². The van der Waals surface area contributed by atoms with Crippen LogP contribution in [0.5, 0.6) is 5.88 Å². The molecule has 1 aromatic carbocycles. The second-order valence-electron chi connectivity index (χ2n) is 8.40. The summed E-state index contributed by atoms with van der Waals surface area (Å²) in [6, 6.07) is 8.00. The normalized spacial score (nSPS) is 16.9. The van der Waals surface area contributed by atoms with Crippen LogP contribution >= 0.6 is 0 Å². The molecule has 2 heterocycles. The Hall–Kier alpha value is -2.42. The average Bonchev–Trinajstić information content (AvgIpc) is 2.64. The number of rotatable bonds is 3. The molecule has 1 saturated heterocycles. The molecule has 0 atom stereocenters. The SMILES string of the molecule is Cc1ccccc1C#CC1(O)CCN(Cc2nccnc2OC(C)(C)C)CC1. The van der Waals surface area contributed by atoms with Crippen molar-refractivity contribution in [3.05, 3.63) is 53.5 Å². The van der Waals surface area contributed by atoms with Gasteiger partial charge in [0.15, 0.2) is 0 Å². The number of aliphatic hydroxyl groups is 1. The Balaban J connectivity index is 1.63. The van der Waals surface area contributed by atoms with Crippen LogP contribution in [-0.4, -0.2) is 44.3 Å². The number of piperidine rings is 1. The molecular formula is C23H29N3O2. The van der Waals surface area contributed by atoms with Gasteiger partial charge < -0.3 is 9.84 Å². The highest BCUT2D eigenvalue weighted by Gasteiger charge is 2.31. The lowest BCUT2D eigenvalue weighted by Gasteiger charge is -2.35. The first-order chi connectivity index (χ1) is 13.2. The van der Waals surface area contributed by atoms with E-state index in [4.69, 9.17) is 4.74 Å². The molecule has 0 aliphatic carbocycles. The summed E-state index contributed by atoms with van der Waals surface area (Å²) in [5, 5.41) is 10.9. The molecule has 0 saturated carbocycles. The smallest absolute Gasteiger partial charge is 0.237 e. The van der Waals surface area contributed by atoms with Crippen molar-refractivity contribution in [2.75, 3.05) is 13.1 Å². The predicted molar refractivity (Wildman–Crippen MR) is 110 cm³/mol. The highest BCUT2D eigenvalue weighted by molar-refractivity contribution is 5.42. The fourth-order valence-electron chi connectivity index (χ4n) is 3.15. The fraction of sp³-hybridized carbons (Fsp3) is 0.478. The van der Waals surface area contributed by atoms with Crippen molar-refractivity contribution >= 4 is 0 Å². The van der Waals surface area contributed by atoms with Gasteiger partial charge in [-0.15, -0.1) is 0 Å². The van der Waals surface area contributed by atoms with E-state index in [1.807, 2.05) is 52.0 Å². The van der Waals surface area contributed by atoms with Gasteiger partial charge in [0.05, 0.1) is 0 Å². The molecule has 148 valence electrons. The number of hydrogen-bond donors (Lipinski definition) is 1. The fourth-order valence-corrected chi connectivity index (χ4v) is 3.15. The van der Waals surface area contributed by atoms with Crippen LogP contribution in [-0.2, 0) is 6.54 Å². The standard InChI is InChI=1S/C23H29N3O2/c1-18-7-5-6-8-19(18)9-10-23(27)11-15-26(16-12-23)17-20-21(25-14-13-24-20)28-22(2,3)4/h5-8,13-14,27H,11-12,15-17H2,1-4H3. The van der Waals surface area contributed by atoms with E-state index in [1.54, 1.807) is 12.4 Å². The summed E-state index contributed by atoms with van der Waals surface area (Å²) in [6.07, 6.45) is 4.57. The Bertz CT molecular complexity index is 869. The Morgan fingerprint density at radius 1 is 1.14 bits per heavy atom. The van der Waals surface area contributed by atoms with Crippen molar-refractivity contribution in [1.29, 1.82) is 0 Å². The molecule has 0 radical (unpaired) electrons. The Kier molecular flexibility index (Phi) is 6.02. The second kappa shape index (κ2) is 8.30. The molecule has 1 N–H and O–H groups in total. The van der Waals surface area contributed by atoms with E-state index >= 15 is 0 Å². The van der Waals surface area contributed by atoms with Gasteiger partial charge in [0.25, 0.3) is 0 Å². The lowest BCUT2D eigenvalue weighted by atomic mass is 9.91. The molecule has 3 rings (SSSR count). The van der Waals surface area contributed by atoms with Gasteiger partial charge in [0.2, 0.25) is 5.88 Å². The first-order valence-electron chi connectivity index (χ1n) is 9.77. The Morgan fingerprint density at radius 3 is 2.50 bits per heavy atom. The molecule has 1 fully saturated rings. The first kappa shape index (κ1) is 20.3. The summed E-state index contributed by atoms with van der Waals surface area (Å²) in [7, 11) is 0. The first-order valence-corrected chi connectivity index (χ1v) is 9.77. The van der Waals surface area contributed by atoms with Gasteiger partial charge >= 0.3 is 0 Å². The molecule has 2 aromatic rings. The monoisotopic (exact) mass is 379 g/mol. The van der Waals surface area contributed by atoms with Crippen LogP contribution in [0.25, 0.3) is 0 Å². The zero-order chi connectivity index (χ0) is 20.2. The molecule has 5 nitrogen and oxygen atoms in total. The minimum Gasteiger partial charge on any atom is -0.471 e. The number of ether oxygens (including phenoxy) is 1. The van der Waals surface area contributed by atoms with Crippen LogP contribution in [0.4, 0.5) is 0 Å². The number of aryl methyl sites for hydroxylation is 1. The maximum atomic E-state index is 10.9. The average molecular weight is 380 g/mol. The second-order valence-corrected chi connectivity index (χ2v) is 8.40. The van der Waals surface area contributed by atoms with E-state index in [0.717, 1.165) is 29.9 Å². The van der Waals surface area contributed by atoms with E-state index < -0.39 is 5.60 Å². The van der Waals surface area contributed by atoms with Gasteiger partial charge in [-0.25, -0.2) is 4.98 Å². The van der Waals surface area contributed by atoms with Crippen LogP contribution in [0.15, 0.2) is 36.7 Å². The molecular weight excluding hydrogens is 350 g/mol. The molecule has 0 bridgehead atoms. The summed E-state index contributed by atoms with van der Waals surface area (Å²) >= 11 is 0. The molecule has 1 aliphatic rings. The lowest BCUT2D eigenvalue weighted by molar-refractivity contribution is 0.0236. The van der Waals surface area contributed by atoms with Crippen molar-refractivity contribution in [2.24, 2.45) is 0 Å². The van der Waals surface area contributed by atoms with Gasteiger partial charge in [0.1, 0.15) is 16.9 Å². The van der Waals surface area contributed by atoms with Crippen molar-refractivity contribution in [1.82, 2.24) is 14.9 Å². The largest absolute Gasteiger partial charge is 0.471 e. The van der Waals surface area contributed by atoms with E-state index in [9.17, 15) is 5.11 Å².